The summed E-state index contributed by atoms with van der Waals surface area (Å²) in [6.45, 7) is 1.88. The van der Waals surface area contributed by atoms with Gasteiger partial charge in [-0.25, -0.2) is 0 Å². The molecule has 0 aliphatic heterocycles. The van der Waals surface area contributed by atoms with E-state index in [0.29, 0.717) is 5.56 Å². The fraction of sp³-hybridized carbons (Fsp3) is 0.200. The van der Waals surface area contributed by atoms with E-state index < -0.39 is 17.8 Å². The molecule has 0 aliphatic carbocycles. The molecule has 0 amide bonds. The molecule has 0 saturated heterocycles. The van der Waals surface area contributed by atoms with E-state index in [9.17, 15) is 9.59 Å². The lowest BCUT2D eigenvalue weighted by Gasteiger charge is -2.05. The average Bonchev–Trinajstić information content (AvgIpc) is 2.16. The lowest BCUT2D eigenvalue weighted by molar-refractivity contribution is -0.137. The van der Waals surface area contributed by atoms with Gasteiger partial charge < -0.3 is 10.8 Å². The van der Waals surface area contributed by atoms with E-state index in [0.717, 1.165) is 5.56 Å². The Kier molecular flexibility index (Phi) is 2.99. The number of hydrogen-bond donors (Lipinski definition) is 2. The van der Waals surface area contributed by atoms with Gasteiger partial charge in [-0.1, -0.05) is 29.8 Å². The van der Waals surface area contributed by atoms with E-state index in [1.165, 1.54) is 0 Å². The zero-order valence-corrected chi connectivity index (χ0v) is 7.73. The van der Waals surface area contributed by atoms with E-state index in [4.69, 9.17) is 10.8 Å². The maximum absolute atomic E-state index is 11.4. The third kappa shape index (κ3) is 2.17. The Morgan fingerprint density at radius 3 is 2.21 bits per heavy atom. The number of Topliss-reactive ketones (excluding diaryl/α,β-unsaturated/α-hetero) is 1. The number of aliphatic carboxylic acids is 1. The summed E-state index contributed by atoms with van der Waals surface area (Å²) < 4.78 is 0. The number of carbonyl (C=O) groups is 2. The van der Waals surface area contributed by atoms with Crippen LogP contribution in [0.25, 0.3) is 0 Å². The molecule has 0 radical (unpaired) electrons. The van der Waals surface area contributed by atoms with Crippen LogP contribution < -0.4 is 5.73 Å². The first-order valence-electron chi connectivity index (χ1n) is 4.11. The van der Waals surface area contributed by atoms with Gasteiger partial charge in [0.1, 0.15) is 0 Å². The van der Waals surface area contributed by atoms with Crippen molar-refractivity contribution in [2.75, 3.05) is 0 Å². The Bertz CT molecular complexity index is 356. The Labute approximate surface area is 81.3 Å². The van der Waals surface area contributed by atoms with Gasteiger partial charge in [0.25, 0.3) is 0 Å². The van der Waals surface area contributed by atoms with Crippen molar-refractivity contribution in [3.05, 3.63) is 35.4 Å². The van der Waals surface area contributed by atoms with Crippen molar-refractivity contribution in [3.8, 4) is 0 Å². The second-order valence-corrected chi connectivity index (χ2v) is 3.05. The molecule has 1 aromatic rings. The Morgan fingerprint density at radius 1 is 1.29 bits per heavy atom. The number of aryl methyl sites for hydroxylation is 1. The van der Waals surface area contributed by atoms with Crippen LogP contribution in [0.1, 0.15) is 15.9 Å². The van der Waals surface area contributed by atoms with E-state index in [1.54, 1.807) is 24.3 Å². The highest BCUT2D eigenvalue weighted by atomic mass is 16.4. The van der Waals surface area contributed by atoms with Gasteiger partial charge >= 0.3 is 5.97 Å². The SMILES string of the molecule is Cc1ccc(C(=O)C(N)C(=O)O)cc1. The van der Waals surface area contributed by atoms with E-state index in [1.807, 2.05) is 6.92 Å². The number of carbonyl (C=O) groups excluding carboxylic acids is 1. The summed E-state index contributed by atoms with van der Waals surface area (Å²) in [4.78, 5) is 21.8. The van der Waals surface area contributed by atoms with Crippen LogP contribution in [0.3, 0.4) is 0 Å². The van der Waals surface area contributed by atoms with Gasteiger partial charge in [0.05, 0.1) is 0 Å². The molecule has 1 unspecified atom stereocenters. The van der Waals surface area contributed by atoms with Crippen LogP contribution in [0.5, 0.6) is 0 Å². The molecule has 74 valence electrons. The molecule has 1 rings (SSSR count). The fourth-order valence-electron chi connectivity index (χ4n) is 1.01. The van der Waals surface area contributed by atoms with E-state index >= 15 is 0 Å². The molecule has 1 aromatic carbocycles. The van der Waals surface area contributed by atoms with Gasteiger partial charge in [0.2, 0.25) is 0 Å². The number of carboxylic acids is 1. The monoisotopic (exact) mass is 193 g/mol. The van der Waals surface area contributed by atoms with Crippen LogP contribution >= 0.6 is 0 Å². The van der Waals surface area contributed by atoms with Crippen molar-refractivity contribution >= 4 is 11.8 Å². The minimum Gasteiger partial charge on any atom is -0.480 e. The summed E-state index contributed by atoms with van der Waals surface area (Å²) in [5, 5.41) is 8.52. The van der Waals surface area contributed by atoms with Gasteiger partial charge in [-0.3, -0.25) is 9.59 Å². The summed E-state index contributed by atoms with van der Waals surface area (Å²) in [5.74, 6) is -1.88. The number of carboxylic acid groups (broad SMARTS) is 1. The molecule has 0 bridgehead atoms. The maximum Gasteiger partial charge on any atom is 0.328 e. The number of benzene rings is 1. The standard InChI is InChI=1S/C10H11NO3/c1-6-2-4-7(5-3-6)9(12)8(11)10(13)14/h2-5,8H,11H2,1H3,(H,13,14). The largest absolute Gasteiger partial charge is 0.480 e. The minimum atomic E-state index is -1.47. The molecule has 0 aliphatic rings. The van der Waals surface area contributed by atoms with Crippen molar-refractivity contribution < 1.29 is 14.7 Å². The molecule has 0 spiro atoms. The van der Waals surface area contributed by atoms with Crippen LogP contribution in [0.2, 0.25) is 0 Å². The zero-order valence-electron chi connectivity index (χ0n) is 7.73. The molecular weight excluding hydrogens is 182 g/mol. The van der Waals surface area contributed by atoms with Crippen molar-refractivity contribution in [3.63, 3.8) is 0 Å². The van der Waals surface area contributed by atoms with Crippen LogP contribution in [-0.2, 0) is 4.79 Å². The molecule has 1 atom stereocenters. The van der Waals surface area contributed by atoms with Crippen molar-refractivity contribution in [1.29, 1.82) is 0 Å². The fourth-order valence-corrected chi connectivity index (χ4v) is 1.01. The van der Waals surface area contributed by atoms with Gasteiger partial charge in [-0.2, -0.15) is 0 Å². The average molecular weight is 193 g/mol. The summed E-state index contributed by atoms with van der Waals surface area (Å²) >= 11 is 0. The van der Waals surface area contributed by atoms with Crippen molar-refractivity contribution in [2.24, 2.45) is 5.73 Å². The second kappa shape index (κ2) is 4.02. The highest BCUT2D eigenvalue weighted by molar-refractivity contribution is 6.11. The first-order valence-corrected chi connectivity index (χ1v) is 4.11. The predicted molar refractivity (Wildman–Crippen MR) is 51.1 cm³/mol. The van der Waals surface area contributed by atoms with Crippen LogP contribution in [0.4, 0.5) is 0 Å². The molecule has 0 aromatic heterocycles. The summed E-state index contributed by atoms with van der Waals surface area (Å²) in [5.41, 5.74) is 6.51. The smallest absolute Gasteiger partial charge is 0.328 e. The molecule has 4 heteroatoms. The quantitative estimate of drug-likeness (QED) is 0.543. The minimum absolute atomic E-state index is 0.325. The normalized spacial score (nSPS) is 12.1. The second-order valence-electron chi connectivity index (χ2n) is 3.05. The highest BCUT2D eigenvalue weighted by Crippen LogP contribution is 2.05. The highest BCUT2D eigenvalue weighted by Gasteiger charge is 2.22. The first-order chi connectivity index (χ1) is 6.52. The van der Waals surface area contributed by atoms with Gasteiger partial charge in [0, 0.05) is 5.56 Å². The lowest BCUT2D eigenvalue weighted by atomic mass is 10.0. The third-order valence-electron chi connectivity index (χ3n) is 1.88. The Balaban J connectivity index is 2.90. The number of ketones is 1. The molecule has 14 heavy (non-hydrogen) atoms. The van der Waals surface area contributed by atoms with E-state index in [-0.39, 0.29) is 0 Å². The molecule has 0 heterocycles. The molecule has 0 saturated carbocycles. The number of rotatable bonds is 3. The number of hydrogen-bond acceptors (Lipinski definition) is 3. The Morgan fingerprint density at radius 2 is 1.79 bits per heavy atom. The Hall–Kier alpha value is -1.68. The van der Waals surface area contributed by atoms with Gasteiger partial charge in [-0.05, 0) is 6.92 Å². The van der Waals surface area contributed by atoms with Gasteiger partial charge in [-0.15, -0.1) is 0 Å². The molecule has 3 N–H and O–H groups in total. The molecule has 4 nitrogen and oxygen atoms in total. The molecular formula is C10H11NO3. The van der Waals surface area contributed by atoms with Crippen molar-refractivity contribution in [1.82, 2.24) is 0 Å². The van der Waals surface area contributed by atoms with Crippen LogP contribution in [0.15, 0.2) is 24.3 Å². The van der Waals surface area contributed by atoms with Crippen LogP contribution in [0, 0.1) is 6.92 Å². The summed E-state index contributed by atoms with van der Waals surface area (Å²) in [6, 6.07) is 5.14. The van der Waals surface area contributed by atoms with Crippen LogP contribution in [-0.4, -0.2) is 22.9 Å². The van der Waals surface area contributed by atoms with E-state index in [2.05, 4.69) is 0 Å². The third-order valence-corrected chi connectivity index (χ3v) is 1.88. The number of nitrogens with two attached hydrogens (primary N) is 1. The first kappa shape index (κ1) is 10.4. The summed E-state index contributed by atoms with van der Waals surface area (Å²) in [7, 11) is 0. The maximum atomic E-state index is 11.4. The topological polar surface area (TPSA) is 80.4 Å². The van der Waals surface area contributed by atoms with Crippen molar-refractivity contribution in [2.45, 2.75) is 13.0 Å². The van der Waals surface area contributed by atoms with Gasteiger partial charge in [0.15, 0.2) is 11.8 Å². The predicted octanol–water partition coefficient (Wildman–Crippen LogP) is 0.590. The summed E-state index contributed by atoms with van der Waals surface area (Å²) in [6.07, 6.45) is 0. The molecule has 0 fully saturated rings. The lowest BCUT2D eigenvalue weighted by Crippen LogP contribution is -2.38. The zero-order chi connectivity index (χ0) is 10.7.